The van der Waals surface area contributed by atoms with Gasteiger partial charge in [-0.05, 0) is 17.7 Å². The van der Waals surface area contributed by atoms with Gasteiger partial charge in [-0.3, -0.25) is 0 Å². The zero-order chi connectivity index (χ0) is 12.1. The first-order valence-corrected chi connectivity index (χ1v) is 6.35. The number of benzene rings is 1. The van der Waals surface area contributed by atoms with E-state index in [2.05, 4.69) is 5.32 Å². The Morgan fingerprint density at radius 1 is 1.35 bits per heavy atom. The molecule has 94 valence electrons. The maximum atomic E-state index is 5.92. The SMILES string of the molecule is Clc1ccc(COCC2CNCCO2)cc1Cl. The Hall–Kier alpha value is -0.320. The van der Waals surface area contributed by atoms with E-state index in [1.807, 2.05) is 12.1 Å². The predicted octanol–water partition coefficient (Wildman–Crippen LogP) is 2.50. The Morgan fingerprint density at radius 3 is 2.94 bits per heavy atom. The summed E-state index contributed by atoms with van der Waals surface area (Å²) in [4.78, 5) is 0. The molecule has 1 aromatic rings. The van der Waals surface area contributed by atoms with Gasteiger partial charge in [-0.25, -0.2) is 0 Å². The minimum atomic E-state index is 0.145. The van der Waals surface area contributed by atoms with Crippen LogP contribution < -0.4 is 5.32 Å². The molecule has 1 fully saturated rings. The van der Waals surface area contributed by atoms with Gasteiger partial charge in [-0.1, -0.05) is 29.3 Å². The maximum absolute atomic E-state index is 5.92. The predicted molar refractivity (Wildman–Crippen MR) is 68.7 cm³/mol. The smallest absolute Gasteiger partial charge is 0.0933 e. The number of hydrogen-bond donors (Lipinski definition) is 1. The summed E-state index contributed by atoms with van der Waals surface area (Å²) >= 11 is 11.8. The van der Waals surface area contributed by atoms with Crippen LogP contribution in [0.3, 0.4) is 0 Å². The van der Waals surface area contributed by atoms with Crippen LogP contribution in [0.15, 0.2) is 18.2 Å². The Labute approximate surface area is 111 Å². The standard InChI is InChI=1S/C12H15Cl2NO2/c13-11-2-1-9(5-12(11)14)7-16-8-10-6-15-3-4-17-10/h1-2,5,10,15H,3-4,6-8H2. The summed E-state index contributed by atoms with van der Waals surface area (Å²) in [5.41, 5.74) is 1.02. The van der Waals surface area contributed by atoms with Crippen molar-refractivity contribution in [2.45, 2.75) is 12.7 Å². The molecule has 1 N–H and O–H groups in total. The molecule has 17 heavy (non-hydrogen) atoms. The number of nitrogens with one attached hydrogen (secondary N) is 1. The molecule has 1 aromatic carbocycles. The number of rotatable bonds is 4. The number of hydrogen-bond acceptors (Lipinski definition) is 3. The molecule has 1 heterocycles. The third-order valence-electron chi connectivity index (χ3n) is 2.56. The molecule has 1 aliphatic heterocycles. The number of halogens is 2. The summed E-state index contributed by atoms with van der Waals surface area (Å²) in [6.07, 6.45) is 0.145. The largest absolute Gasteiger partial charge is 0.374 e. The van der Waals surface area contributed by atoms with Crippen LogP contribution in [0.25, 0.3) is 0 Å². The van der Waals surface area contributed by atoms with E-state index < -0.39 is 0 Å². The second-order valence-electron chi connectivity index (χ2n) is 3.96. The van der Waals surface area contributed by atoms with E-state index in [0.717, 1.165) is 25.3 Å². The highest BCUT2D eigenvalue weighted by molar-refractivity contribution is 6.41. The van der Waals surface area contributed by atoms with Crippen LogP contribution >= 0.6 is 23.2 Å². The molecule has 1 atom stereocenters. The molecule has 0 spiro atoms. The van der Waals surface area contributed by atoms with Crippen LogP contribution in [-0.4, -0.2) is 32.4 Å². The monoisotopic (exact) mass is 275 g/mol. The fourth-order valence-corrected chi connectivity index (χ4v) is 1.99. The molecule has 2 rings (SSSR count). The first-order chi connectivity index (χ1) is 8.25. The molecule has 0 aliphatic carbocycles. The van der Waals surface area contributed by atoms with E-state index in [1.54, 1.807) is 6.07 Å². The van der Waals surface area contributed by atoms with Crippen LogP contribution in [0.1, 0.15) is 5.56 Å². The van der Waals surface area contributed by atoms with E-state index in [0.29, 0.717) is 23.3 Å². The van der Waals surface area contributed by atoms with Gasteiger partial charge in [0.05, 0.1) is 36.0 Å². The van der Waals surface area contributed by atoms with Crippen LogP contribution in [-0.2, 0) is 16.1 Å². The summed E-state index contributed by atoms with van der Waals surface area (Å²) in [5.74, 6) is 0. The summed E-state index contributed by atoms with van der Waals surface area (Å²) in [6, 6.07) is 5.51. The Balaban J connectivity index is 1.75. The zero-order valence-electron chi connectivity index (χ0n) is 9.42. The zero-order valence-corrected chi connectivity index (χ0v) is 10.9. The molecule has 0 aromatic heterocycles. The molecule has 5 heteroatoms. The van der Waals surface area contributed by atoms with Crippen molar-refractivity contribution in [3.8, 4) is 0 Å². The molecular formula is C12H15Cl2NO2. The second-order valence-corrected chi connectivity index (χ2v) is 4.77. The average molecular weight is 276 g/mol. The minimum absolute atomic E-state index is 0.145. The quantitative estimate of drug-likeness (QED) is 0.916. The lowest BCUT2D eigenvalue weighted by Crippen LogP contribution is -2.40. The van der Waals surface area contributed by atoms with Gasteiger partial charge in [0, 0.05) is 13.1 Å². The van der Waals surface area contributed by atoms with Crippen molar-refractivity contribution in [3.05, 3.63) is 33.8 Å². The van der Waals surface area contributed by atoms with E-state index in [9.17, 15) is 0 Å². The molecule has 1 unspecified atom stereocenters. The van der Waals surface area contributed by atoms with Crippen LogP contribution in [0.4, 0.5) is 0 Å². The molecule has 1 saturated heterocycles. The Kier molecular flexibility index (Phi) is 5.07. The summed E-state index contributed by atoms with van der Waals surface area (Å²) in [5, 5.41) is 4.38. The normalized spacial score (nSPS) is 20.5. The molecular weight excluding hydrogens is 261 g/mol. The van der Waals surface area contributed by atoms with E-state index in [1.165, 1.54) is 0 Å². The van der Waals surface area contributed by atoms with Gasteiger partial charge in [-0.15, -0.1) is 0 Å². The van der Waals surface area contributed by atoms with Crippen molar-refractivity contribution in [3.63, 3.8) is 0 Å². The maximum Gasteiger partial charge on any atom is 0.0933 e. The molecule has 0 saturated carbocycles. The molecule has 0 bridgehead atoms. The highest BCUT2D eigenvalue weighted by atomic mass is 35.5. The molecule has 1 aliphatic rings. The highest BCUT2D eigenvalue weighted by Crippen LogP contribution is 2.22. The number of ether oxygens (including phenoxy) is 2. The molecule has 0 radical (unpaired) electrons. The Bertz CT molecular complexity index is 368. The lowest BCUT2D eigenvalue weighted by atomic mass is 10.2. The topological polar surface area (TPSA) is 30.5 Å². The molecule has 3 nitrogen and oxygen atoms in total. The van der Waals surface area contributed by atoms with Crippen molar-refractivity contribution >= 4 is 23.2 Å². The fourth-order valence-electron chi connectivity index (χ4n) is 1.66. The van der Waals surface area contributed by atoms with Gasteiger partial charge in [0.25, 0.3) is 0 Å². The lowest BCUT2D eigenvalue weighted by Gasteiger charge is -2.23. The van der Waals surface area contributed by atoms with Crippen LogP contribution in [0, 0.1) is 0 Å². The minimum Gasteiger partial charge on any atom is -0.374 e. The highest BCUT2D eigenvalue weighted by Gasteiger charge is 2.13. The van der Waals surface area contributed by atoms with Crippen molar-refractivity contribution < 1.29 is 9.47 Å². The van der Waals surface area contributed by atoms with Crippen LogP contribution in [0.2, 0.25) is 10.0 Å². The average Bonchev–Trinajstić information content (AvgIpc) is 2.35. The Morgan fingerprint density at radius 2 is 2.24 bits per heavy atom. The number of morpholine rings is 1. The van der Waals surface area contributed by atoms with Crippen molar-refractivity contribution in [1.29, 1.82) is 0 Å². The van der Waals surface area contributed by atoms with Gasteiger partial charge in [-0.2, -0.15) is 0 Å². The van der Waals surface area contributed by atoms with E-state index in [4.69, 9.17) is 32.7 Å². The third-order valence-corrected chi connectivity index (χ3v) is 3.30. The van der Waals surface area contributed by atoms with Gasteiger partial charge < -0.3 is 14.8 Å². The fraction of sp³-hybridized carbons (Fsp3) is 0.500. The van der Waals surface area contributed by atoms with Crippen LogP contribution in [0.5, 0.6) is 0 Å². The van der Waals surface area contributed by atoms with Crippen molar-refractivity contribution in [1.82, 2.24) is 5.32 Å². The van der Waals surface area contributed by atoms with Gasteiger partial charge in [0.2, 0.25) is 0 Å². The third kappa shape index (κ3) is 4.12. The van der Waals surface area contributed by atoms with E-state index >= 15 is 0 Å². The van der Waals surface area contributed by atoms with Gasteiger partial charge >= 0.3 is 0 Å². The van der Waals surface area contributed by atoms with Gasteiger partial charge in [0.15, 0.2) is 0 Å². The van der Waals surface area contributed by atoms with Crippen molar-refractivity contribution in [2.75, 3.05) is 26.3 Å². The second kappa shape index (κ2) is 6.57. The first-order valence-electron chi connectivity index (χ1n) is 5.59. The van der Waals surface area contributed by atoms with E-state index in [-0.39, 0.29) is 6.10 Å². The molecule has 0 amide bonds. The summed E-state index contributed by atoms with van der Waals surface area (Å²) in [7, 11) is 0. The van der Waals surface area contributed by atoms with Gasteiger partial charge in [0.1, 0.15) is 0 Å². The van der Waals surface area contributed by atoms with Crippen molar-refractivity contribution in [2.24, 2.45) is 0 Å². The summed E-state index contributed by atoms with van der Waals surface area (Å²) < 4.78 is 11.1. The lowest BCUT2D eigenvalue weighted by molar-refractivity contribution is -0.0357. The summed E-state index contributed by atoms with van der Waals surface area (Å²) in [6.45, 7) is 3.63. The first kappa shape index (κ1) is 13.1.